The Morgan fingerprint density at radius 2 is 2.16 bits per heavy atom. The molecule has 100 valence electrons. The summed E-state index contributed by atoms with van der Waals surface area (Å²) in [5, 5.41) is 13.0. The average molecular weight is 323 g/mol. The van der Waals surface area contributed by atoms with E-state index in [1.807, 2.05) is 32.2 Å². The Labute approximate surface area is 120 Å². The lowest BCUT2D eigenvalue weighted by Gasteiger charge is -2.02. The number of benzene rings is 1. The van der Waals surface area contributed by atoms with E-state index < -0.39 is 5.97 Å². The highest BCUT2D eigenvalue weighted by atomic mass is 79.9. The van der Waals surface area contributed by atoms with Crippen molar-refractivity contribution >= 4 is 21.9 Å². The summed E-state index contributed by atoms with van der Waals surface area (Å²) in [7, 11) is 0. The lowest BCUT2D eigenvalue weighted by Crippen LogP contribution is -2.04. The molecule has 4 nitrogen and oxygen atoms in total. The van der Waals surface area contributed by atoms with E-state index in [9.17, 15) is 4.79 Å². The van der Waals surface area contributed by atoms with Crippen LogP contribution in [0.25, 0.3) is 11.1 Å². The summed E-state index contributed by atoms with van der Waals surface area (Å²) in [6.07, 6.45) is 1.98. The van der Waals surface area contributed by atoms with Crippen LogP contribution in [-0.2, 0) is 11.3 Å². The zero-order valence-electron chi connectivity index (χ0n) is 10.9. The summed E-state index contributed by atoms with van der Waals surface area (Å²) in [6.45, 7) is 4.36. The Hall–Kier alpha value is -1.62. The molecule has 1 aromatic carbocycles. The number of carbonyl (C=O) groups is 1. The van der Waals surface area contributed by atoms with Gasteiger partial charge in [0, 0.05) is 16.2 Å². The number of aryl methyl sites for hydroxylation is 3. The van der Waals surface area contributed by atoms with Crippen molar-refractivity contribution in [2.24, 2.45) is 0 Å². The van der Waals surface area contributed by atoms with E-state index in [0.717, 1.165) is 21.3 Å². The molecule has 1 aromatic heterocycles. The lowest BCUT2D eigenvalue weighted by molar-refractivity contribution is -0.137. The number of aromatic nitrogens is 2. The summed E-state index contributed by atoms with van der Waals surface area (Å²) >= 11 is 3.52. The highest BCUT2D eigenvalue weighted by Crippen LogP contribution is 2.27. The second kappa shape index (κ2) is 5.57. The van der Waals surface area contributed by atoms with Crippen LogP contribution in [0.5, 0.6) is 0 Å². The standard InChI is InChI=1S/C14H15BrN2O2/c1-9-3-4-11(7-13(9)15)12-8-17(16-10(12)2)6-5-14(18)19/h3-4,7-8H,5-6H2,1-2H3,(H,18,19). The Balaban J connectivity index is 2.29. The normalized spacial score (nSPS) is 10.7. The van der Waals surface area contributed by atoms with E-state index >= 15 is 0 Å². The van der Waals surface area contributed by atoms with Crippen molar-refractivity contribution < 1.29 is 9.90 Å². The third-order valence-electron chi connectivity index (χ3n) is 2.98. The quantitative estimate of drug-likeness (QED) is 0.938. The molecular formula is C14H15BrN2O2. The highest BCUT2D eigenvalue weighted by Gasteiger charge is 2.09. The molecule has 2 aromatic rings. The molecule has 19 heavy (non-hydrogen) atoms. The topological polar surface area (TPSA) is 55.1 Å². The summed E-state index contributed by atoms with van der Waals surface area (Å²) in [5.41, 5.74) is 4.20. The van der Waals surface area contributed by atoms with Crippen LogP contribution in [0.15, 0.2) is 28.9 Å². The van der Waals surface area contributed by atoms with Gasteiger partial charge in [-0.3, -0.25) is 9.48 Å². The van der Waals surface area contributed by atoms with Crippen molar-refractivity contribution in [1.29, 1.82) is 0 Å². The van der Waals surface area contributed by atoms with Crippen LogP contribution in [0, 0.1) is 13.8 Å². The first-order chi connectivity index (χ1) is 8.97. The van der Waals surface area contributed by atoms with E-state index in [1.54, 1.807) is 4.68 Å². The van der Waals surface area contributed by atoms with Crippen LogP contribution in [0.1, 0.15) is 17.7 Å². The maximum absolute atomic E-state index is 10.6. The van der Waals surface area contributed by atoms with Crippen LogP contribution in [0.2, 0.25) is 0 Å². The van der Waals surface area contributed by atoms with Crippen LogP contribution in [0.4, 0.5) is 0 Å². The molecule has 0 unspecified atom stereocenters. The van der Waals surface area contributed by atoms with Crippen molar-refractivity contribution in [2.45, 2.75) is 26.8 Å². The fourth-order valence-corrected chi connectivity index (χ4v) is 2.27. The van der Waals surface area contributed by atoms with Crippen LogP contribution in [-0.4, -0.2) is 20.9 Å². The molecule has 5 heteroatoms. The maximum Gasteiger partial charge on any atom is 0.305 e. The summed E-state index contributed by atoms with van der Waals surface area (Å²) in [5.74, 6) is -0.812. The number of carboxylic acids is 1. The van der Waals surface area contributed by atoms with Crippen molar-refractivity contribution in [1.82, 2.24) is 9.78 Å². The molecule has 0 atom stereocenters. The minimum absolute atomic E-state index is 0.0815. The average Bonchev–Trinajstić information content (AvgIpc) is 2.72. The Morgan fingerprint density at radius 1 is 1.42 bits per heavy atom. The number of rotatable bonds is 4. The zero-order valence-corrected chi connectivity index (χ0v) is 12.4. The van der Waals surface area contributed by atoms with Crippen molar-refractivity contribution in [3.63, 3.8) is 0 Å². The SMILES string of the molecule is Cc1ccc(-c2cn(CCC(=O)O)nc2C)cc1Br. The zero-order chi connectivity index (χ0) is 14.0. The van der Waals surface area contributed by atoms with Crippen LogP contribution in [0.3, 0.4) is 0 Å². The number of aliphatic carboxylic acids is 1. The molecule has 0 spiro atoms. The molecule has 0 fully saturated rings. The number of halogens is 1. The molecule has 0 aliphatic heterocycles. The van der Waals surface area contributed by atoms with Crippen molar-refractivity contribution in [3.8, 4) is 11.1 Å². The first kappa shape index (κ1) is 13.8. The number of carboxylic acid groups (broad SMARTS) is 1. The van der Waals surface area contributed by atoms with Gasteiger partial charge in [0.15, 0.2) is 0 Å². The van der Waals surface area contributed by atoms with Gasteiger partial charge < -0.3 is 5.11 Å². The Bertz CT molecular complexity index is 620. The smallest absolute Gasteiger partial charge is 0.305 e. The maximum atomic E-state index is 10.6. The molecule has 0 saturated carbocycles. The van der Waals surface area contributed by atoms with E-state index in [-0.39, 0.29) is 6.42 Å². The van der Waals surface area contributed by atoms with E-state index in [2.05, 4.69) is 27.1 Å². The van der Waals surface area contributed by atoms with Crippen LogP contribution >= 0.6 is 15.9 Å². The van der Waals surface area contributed by atoms with Gasteiger partial charge in [-0.25, -0.2) is 0 Å². The fourth-order valence-electron chi connectivity index (χ4n) is 1.89. The second-order valence-corrected chi connectivity index (χ2v) is 5.35. The van der Waals surface area contributed by atoms with Crippen LogP contribution < -0.4 is 0 Å². The van der Waals surface area contributed by atoms with Gasteiger partial charge in [0.2, 0.25) is 0 Å². The summed E-state index contributed by atoms with van der Waals surface area (Å²) in [4.78, 5) is 10.6. The molecule has 1 N–H and O–H groups in total. The van der Waals surface area contributed by atoms with Gasteiger partial charge in [0.05, 0.1) is 18.7 Å². The highest BCUT2D eigenvalue weighted by molar-refractivity contribution is 9.10. The predicted molar refractivity (Wildman–Crippen MR) is 77.1 cm³/mol. The minimum atomic E-state index is -0.812. The van der Waals surface area contributed by atoms with E-state index in [1.165, 1.54) is 5.56 Å². The first-order valence-electron chi connectivity index (χ1n) is 6.00. The van der Waals surface area contributed by atoms with Gasteiger partial charge in [-0.2, -0.15) is 5.10 Å². The second-order valence-electron chi connectivity index (χ2n) is 4.50. The predicted octanol–water partition coefficient (Wildman–Crippen LogP) is 3.40. The third kappa shape index (κ3) is 3.23. The van der Waals surface area contributed by atoms with Gasteiger partial charge >= 0.3 is 5.97 Å². The van der Waals surface area contributed by atoms with Gasteiger partial charge in [-0.15, -0.1) is 0 Å². The lowest BCUT2D eigenvalue weighted by atomic mass is 10.1. The minimum Gasteiger partial charge on any atom is -0.481 e. The monoisotopic (exact) mass is 322 g/mol. The summed E-state index contributed by atoms with van der Waals surface area (Å²) < 4.78 is 2.75. The van der Waals surface area contributed by atoms with Crippen molar-refractivity contribution in [3.05, 3.63) is 40.1 Å². The molecular weight excluding hydrogens is 308 g/mol. The number of nitrogens with zero attached hydrogens (tertiary/aromatic N) is 2. The molecule has 0 amide bonds. The van der Waals surface area contributed by atoms with Gasteiger partial charge in [0.1, 0.15) is 0 Å². The van der Waals surface area contributed by atoms with Gasteiger partial charge in [-0.05, 0) is 31.0 Å². The Morgan fingerprint density at radius 3 is 2.79 bits per heavy atom. The molecule has 2 rings (SSSR count). The third-order valence-corrected chi connectivity index (χ3v) is 3.84. The van der Waals surface area contributed by atoms with Gasteiger partial charge in [0.25, 0.3) is 0 Å². The molecule has 0 aliphatic carbocycles. The van der Waals surface area contributed by atoms with Gasteiger partial charge in [-0.1, -0.05) is 28.1 Å². The molecule has 0 aliphatic rings. The largest absolute Gasteiger partial charge is 0.481 e. The van der Waals surface area contributed by atoms with E-state index in [4.69, 9.17) is 5.11 Å². The van der Waals surface area contributed by atoms with E-state index in [0.29, 0.717) is 6.54 Å². The molecule has 0 bridgehead atoms. The fraction of sp³-hybridized carbons (Fsp3) is 0.286. The Kier molecular flexibility index (Phi) is 4.04. The number of hydrogen-bond donors (Lipinski definition) is 1. The molecule has 0 saturated heterocycles. The number of hydrogen-bond acceptors (Lipinski definition) is 2. The summed E-state index contributed by atoms with van der Waals surface area (Å²) in [6, 6.07) is 6.15. The molecule has 0 radical (unpaired) electrons. The first-order valence-corrected chi connectivity index (χ1v) is 6.79. The molecule has 1 heterocycles. The van der Waals surface area contributed by atoms with Crippen molar-refractivity contribution in [2.75, 3.05) is 0 Å².